The van der Waals surface area contributed by atoms with Gasteiger partial charge in [0.1, 0.15) is 6.33 Å². The minimum Gasteiger partial charge on any atom is -0.310 e. The highest BCUT2D eigenvalue weighted by atomic mass is 35.5. The van der Waals surface area contributed by atoms with Crippen molar-refractivity contribution >= 4 is 11.6 Å². The zero-order valence-electron chi connectivity index (χ0n) is 11.2. The van der Waals surface area contributed by atoms with Crippen molar-refractivity contribution in [2.75, 3.05) is 6.54 Å². The molecule has 1 unspecified atom stereocenters. The number of rotatable bonds is 5. The van der Waals surface area contributed by atoms with E-state index in [4.69, 9.17) is 11.6 Å². The maximum Gasteiger partial charge on any atom is 0.115 e. The lowest BCUT2D eigenvalue weighted by Gasteiger charge is -2.18. The van der Waals surface area contributed by atoms with E-state index in [1.165, 1.54) is 5.56 Å². The Bertz CT molecular complexity index is 528. The van der Waals surface area contributed by atoms with Gasteiger partial charge in [0.2, 0.25) is 0 Å². The summed E-state index contributed by atoms with van der Waals surface area (Å²) < 4.78 is 0. The van der Waals surface area contributed by atoms with Gasteiger partial charge >= 0.3 is 0 Å². The molecular formula is C15H18ClN3. The maximum atomic E-state index is 6.30. The van der Waals surface area contributed by atoms with Gasteiger partial charge in [-0.25, -0.2) is 9.97 Å². The third-order valence-electron chi connectivity index (χ3n) is 3.07. The van der Waals surface area contributed by atoms with Crippen LogP contribution in [0.3, 0.4) is 0 Å². The molecule has 1 aromatic heterocycles. The van der Waals surface area contributed by atoms with Crippen molar-refractivity contribution in [2.45, 2.75) is 26.3 Å². The number of likely N-dealkylation sites (N-methyl/N-ethyl adjacent to an activating group) is 1. The second kappa shape index (κ2) is 6.64. The molecule has 0 spiro atoms. The fourth-order valence-electron chi connectivity index (χ4n) is 2.08. The lowest BCUT2D eigenvalue weighted by atomic mass is 10.00. The predicted molar refractivity (Wildman–Crippen MR) is 78.3 cm³/mol. The molecule has 4 heteroatoms. The standard InChI is InChI=1S/C15H18ClN3/c1-3-19-15(13-8-17-10-18-9-13)7-12-5-4-11(2)6-14(12)16/h4-6,8-10,15,19H,3,7H2,1-2H3. The van der Waals surface area contributed by atoms with Crippen LogP contribution in [0, 0.1) is 6.92 Å². The SMILES string of the molecule is CCNC(Cc1ccc(C)cc1Cl)c1cncnc1. The summed E-state index contributed by atoms with van der Waals surface area (Å²) in [7, 11) is 0. The Morgan fingerprint density at radius 3 is 2.63 bits per heavy atom. The van der Waals surface area contributed by atoms with Gasteiger partial charge in [-0.2, -0.15) is 0 Å². The lowest BCUT2D eigenvalue weighted by Crippen LogP contribution is -2.23. The van der Waals surface area contributed by atoms with Crippen LogP contribution in [0.25, 0.3) is 0 Å². The number of hydrogen-bond donors (Lipinski definition) is 1. The third kappa shape index (κ3) is 3.75. The molecule has 1 atom stereocenters. The Morgan fingerprint density at radius 1 is 1.26 bits per heavy atom. The molecule has 1 N–H and O–H groups in total. The van der Waals surface area contributed by atoms with Crippen molar-refractivity contribution < 1.29 is 0 Å². The van der Waals surface area contributed by atoms with Crippen molar-refractivity contribution in [3.63, 3.8) is 0 Å². The van der Waals surface area contributed by atoms with Gasteiger partial charge in [0.15, 0.2) is 0 Å². The van der Waals surface area contributed by atoms with Gasteiger partial charge in [-0.05, 0) is 37.1 Å². The molecule has 0 aliphatic rings. The van der Waals surface area contributed by atoms with E-state index in [2.05, 4.69) is 34.3 Å². The summed E-state index contributed by atoms with van der Waals surface area (Å²) in [4.78, 5) is 8.16. The van der Waals surface area contributed by atoms with Crippen LogP contribution in [0.1, 0.15) is 29.7 Å². The number of benzene rings is 1. The van der Waals surface area contributed by atoms with E-state index in [0.29, 0.717) is 0 Å². The zero-order chi connectivity index (χ0) is 13.7. The van der Waals surface area contributed by atoms with Gasteiger partial charge < -0.3 is 5.32 Å². The first-order valence-electron chi connectivity index (χ1n) is 6.44. The van der Waals surface area contributed by atoms with Crippen LogP contribution in [0.4, 0.5) is 0 Å². The van der Waals surface area contributed by atoms with Crippen LogP contribution in [-0.2, 0) is 6.42 Å². The molecule has 0 radical (unpaired) electrons. The largest absolute Gasteiger partial charge is 0.310 e. The molecule has 1 aromatic carbocycles. The summed E-state index contributed by atoms with van der Waals surface area (Å²) in [5.41, 5.74) is 3.40. The van der Waals surface area contributed by atoms with Crippen molar-refractivity contribution in [3.8, 4) is 0 Å². The molecule has 0 fully saturated rings. The van der Waals surface area contributed by atoms with E-state index >= 15 is 0 Å². The van der Waals surface area contributed by atoms with Gasteiger partial charge in [-0.1, -0.05) is 30.7 Å². The average molecular weight is 276 g/mol. The Labute approximate surface area is 119 Å². The van der Waals surface area contributed by atoms with Crippen LogP contribution in [0.15, 0.2) is 36.9 Å². The van der Waals surface area contributed by atoms with Crippen molar-refractivity contribution in [3.05, 3.63) is 58.6 Å². The van der Waals surface area contributed by atoms with Crippen LogP contribution in [-0.4, -0.2) is 16.5 Å². The first kappa shape index (κ1) is 14.0. The Hall–Kier alpha value is -1.45. The van der Waals surface area contributed by atoms with Crippen molar-refractivity contribution in [2.24, 2.45) is 0 Å². The first-order valence-corrected chi connectivity index (χ1v) is 6.81. The lowest BCUT2D eigenvalue weighted by molar-refractivity contribution is 0.546. The number of hydrogen-bond acceptors (Lipinski definition) is 3. The quantitative estimate of drug-likeness (QED) is 0.909. The van der Waals surface area contributed by atoms with E-state index in [0.717, 1.165) is 29.1 Å². The van der Waals surface area contributed by atoms with E-state index < -0.39 is 0 Å². The summed E-state index contributed by atoms with van der Waals surface area (Å²) in [5, 5.41) is 4.27. The third-order valence-corrected chi connectivity index (χ3v) is 3.42. The highest BCUT2D eigenvalue weighted by molar-refractivity contribution is 6.31. The summed E-state index contributed by atoms with van der Waals surface area (Å²) in [5.74, 6) is 0. The second-order valence-corrected chi connectivity index (χ2v) is 4.99. The molecule has 0 amide bonds. The van der Waals surface area contributed by atoms with E-state index in [-0.39, 0.29) is 6.04 Å². The molecule has 100 valence electrons. The van der Waals surface area contributed by atoms with Gasteiger partial charge in [-0.3, -0.25) is 0 Å². The molecule has 3 nitrogen and oxygen atoms in total. The minimum absolute atomic E-state index is 0.186. The molecule has 0 saturated carbocycles. The molecule has 0 aliphatic carbocycles. The molecular weight excluding hydrogens is 258 g/mol. The van der Waals surface area contributed by atoms with E-state index in [1.54, 1.807) is 6.33 Å². The normalized spacial score (nSPS) is 12.4. The Morgan fingerprint density at radius 2 is 2.00 bits per heavy atom. The van der Waals surface area contributed by atoms with E-state index in [1.807, 2.05) is 25.4 Å². The number of nitrogens with zero attached hydrogens (tertiary/aromatic N) is 2. The summed E-state index contributed by atoms with van der Waals surface area (Å²) in [6, 6.07) is 6.37. The van der Waals surface area contributed by atoms with Crippen LogP contribution >= 0.6 is 11.6 Å². The number of halogens is 1. The van der Waals surface area contributed by atoms with Gasteiger partial charge in [0.05, 0.1) is 0 Å². The highest BCUT2D eigenvalue weighted by Gasteiger charge is 2.13. The molecule has 0 aliphatic heterocycles. The van der Waals surface area contributed by atoms with Crippen LogP contribution < -0.4 is 5.32 Å². The molecule has 0 bridgehead atoms. The number of nitrogens with one attached hydrogen (secondary N) is 1. The van der Waals surface area contributed by atoms with Crippen LogP contribution in [0.5, 0.6) is 0 Å². The average Bonchev–Trinajstić information content (AvgIpc) is 2.42. The van der Waals surface area contributed by atoms with Gasteiger partial charge in [-0.15, -0.1) is 0 Å². The van der Waals surface area contributed by atoms with E-state index in [9.17, 15) is 0 Å². The zero-order valence-corrected chi connectivity index (χ0v) is 12.0. The van der Waals surface area contributed by atoms with Gasteiger partial charge in [0, 0.05) is 29.0 Å². The molecule has 0 saturated heterocycles. The van der Waals surface area contributed by atoms with Gasteiger partial charge in [0.25, 0.3) is 0 Å². The summed E-state index contributed by atoms with van der Waals surface area (Å²) in [6.07, 6.45) is 6.08. The fraction of sp³-hybridized carbons (Fsp3) is 0.333. The second-order valence-electron chi connectivity index (χ2n) is 4.58. The Balaban J connectivity index is 2.21. The molecule has 2 rings (SSSR count). The maximum absolute atomic E-state index is 6.30. The summed E-state index contributed by atoms with van der Waals surface area (Å²) in [6.45, 7) is 5.03. The number of aryl methyl sites for hydroxylation is 1. The molecule has 1 heterocycles. The highest BCUT2D eigenvalue weighted by Crippen LogP contribution is 2.24. The predicted octanol–water partition coefficient (Wildman–Crippen LogP) is 3.33. The fourth-order valence-corrected chi connectivity index (χ4v) is 2.39. The molecule has 2 aromatic rings. The smallest absolute Gasteiger partial charge is 0.115 e. The van der Waals surface area contributed by atoms with Crippen molar-refractivity contribution in [1.82, 2.24) is 15.3 Å². The monoisotopic (exact) mass is 275 g/mol. The minimum atomic E-state index is 0.186. The first-order chi connectivity index (χ1) is 9.20. The van der Waals surface area contributed by atoms with Crippen LogP contribution in [0.2, 0.25) is 5.02 Å². The van der Waals surface area contributed by atoms with Crippen molar-refractivity contribution in [1.29, 1.82) is 0 Å². The Kier molecular flexibility index (Phi) is 4.88. The summed E-state index contributed by atoms with van der Waals surface area (Å²) >= 11 is 6.30. The number of aromatic nitrogens is 2. The topological polar surface area (TPSA) is 37.8 Å². The molecule has 19 heavy (non-hydrogen) atoms.